The van der Waals surface area contributed by atoms with E-state index in [0.717, 1.165) is 6.54 Å². The number of nitrogens with zero attached hydrogens (tertiary/aromatic N) is 1. The van der Waals surface area contributed by atoms with Crippen molar-refractivity contribution in [2.45, 2.75) is 38.1 Å². The Hall–Kier alpha value is -2.89. The lowest BCUT2D eigenvalue weighted by atomic mass is 9.88. The molecule has 2 N–H and O–H groups in total. The van der Waals surface area contributed by atoms with E-state index in [4.69, 9.17) is 5.11 Å². The summed E-state index contributed by atoms with van der Waals surface area (Å²) in [6, 6.07) is 25.5. The molecule has 1 aliphatic heterocycles. The number of aliphatic carboxylic acids is 1. The van der Waals surface area contributed by atoms with Crippen LogP contribution in [-0.4, -0.2) is 41.5 Å². The number of carboxylic acids is 1. The minimum Gasteiger partial charge on any atom is -0.481 e. The van der Waals surface area contributed by atoms with Gasteiger partial charge in [-0.15, -0.1) is 12.4 Å². The summed E-state index contributed by atoms with van der Waals surface area (Å²) in [6.07, 6.45) is 0.720. The van der Waals surface area contributed by atoms with Gasteiger partial charge in [0.15, 0.2) is 0 Å². The average molecular weight is 481 g/mol. The maximum Gasteiger partial charge on any atom is 0.303 e. The monoisotopic (exact) mass is 480 g/mol. The Labute approximate surface area is 207 Å². The second-order valence-electron chi connectivity index (χ2n) is 9.02. The highest BCUT2D eigenvalue weighted by molar-refractivity contribution is 5.86. The lowest BCUT2D eigenvalue weighted by Crippen LogP contribution is -2.31. The van der Waals surface area contributed by atoms with Crippen LogP contribution in [0.1, 0.15) is 49.3 Å². The molecule has 3 atom stereocenters. The number of hydrogen-bond acceptors (Lipinski definition) is 3. The van der Waals surface area contributed by atoms with Crippen molar-refractivity contribution in [3.63, 3.8) is 0 Å². The number of fused-ring (bicyclic) bond motifs is 1. The van der Waals surface area contributed by atoms with Crippen LogP contribution in [0.4, 0.5) is 0 Å². The smallest absolute Gasteiger partial charge is 0.303 e. The van der Waals surface area contributed by atoms with Crippen molar-refractivity contribution in [2.24, 2.45) is 5.92 Å². The van der Waals surface area contributed by atoms with Crippen molar-refractivity contribution in [3.8, 4) is 0 Å². The molecule has 1 amide bonds. The van der Waals surface area contributed by atoms with E-state index >= 15 is 0 Å². The molecule has 4 rings (SSSR count). The van der Waals surface area contributed by atoms with E-state index < -0.39 is 5.97 Å². The zero-order valence-electron chi connectivity index (χ0n) is 19.5. The third-order valence-corrected chi connectivity index (χ3v) is 6.78. The molecule has 0 aliphatic carbocycles. The molecule has 180 valence electrons. The van der Waals surface area contributed by atoms with Gasteiger partial charge in [0.1, 0.15) is 0 Å². The van der Waals surface area contributed by atoms with Crippen LogP contribution in [0, 0.1) is 5.92 Å². The number of carboxylic acid groups (broad SMARTS) is 1. The van der Waals surface area contributed by atoms with Crippen LogP contribution in [-0.2, 0) is 9.59 Å². The lowest BCUT2D eigenvalue weighted by molar-refractivity contribution is -0.137. The fraction of sp³-hybridized carbons (Fsp3) is 0.357. The van der Waals surface area contributed by atoms with Crippen molar-refractivity contribution in [1.82, 2.24) is 10.2 Å². The molecule has 0 spiro atoms. The number of hydrogen-bond donors (Lipinski definition) is 2. The number of carbonyl (C=O) groups excluding carboxylic acids is 1. The molecule has 1 fully saturated rings. The molecule has 6 heteroatoms. The molecule has 1 aliphatic rings. The number of nitrogens with one attached hydrogen (secondary N) is 1. The predicted molar refractivity (Wildman–Crippen MR) is 138 cm³/mol. The molecular weight excluding hydrogens is 448 g/mol. The van der Waals surface area contributed by atoms with Crippen molar-refractivity contribution < 1.29 is 14.7 Å². The van der Waals surface area contributed by atoms with Crippen LogP contribution in [0.25, 0.3) is 10.8 Å². The maximum atomic E-state index is 12.8. The van der Waals surface area contributed by atoms with Gasteiger partial charge >= 0.3 is 5.97 Å². The van der Waals surface area contributed by atoms with Crippen molar-refractivity contribution in [3.05, 3.63) is 83.9 Å². The molecule has 0 unspecified atom stereocenters. The van der Waals surface area contributed by atoms with Gasteiger partial charge in [-0.1, -0.05) is 72.8 Å². The Kier molecular flexibility index (Phi) is 9.08. The van der Waals surface area contributed by atoms with Crippen LogP contribution < -0.4 is 5.32 Å². The molecular formula is C28H33ClN2O3. The van der Waals surface area contributed by atoms with E-state index in [-0.39, 0.29) is 36.7 Å². The summed E-state index contributed by atoms with van der Waals surface area (Å²) in [5.74, 6) is -0.229. The van der Waals surface area contributed by atoms with Gasteiger partial charge in [0, 0.05) is 44.4 Å². The van der Waals surface area contributed by atoms with Gasteiger partial charge in [0.2, 0.25) is 5.91 Å². The Bertz CT molecular complexity index is 1100. The Balaban J connectivity index is 0.00000324. The van der Waals surface area contributed by atoms with E-state index in [9.17, 15) is 9.59 Å². The fourth-order valence-corrected chi connectivity index (χ4v) is 4.97. The number of carbonyl (C=O) groups is 2. The second-order valence-corrected chi connectivity index (χ2v) is 9.02. The molecule has 3 aromatic carbocycles. The first kappa shape index (κ1) is 25.7. The molecule has 3 aromatic rings. The standard InChI is InChI=1S/C28H32N2O3.ClH/c1-20(24-14-7-12-21-11-5-6-13-25(21)24)29-17-23-18-30(27(31)15-8-16-28(32)33)19-26(23)22-9-3-2-4-10-22;/h2-7,9-14,20,23,26,29H,8,15-19H2,1H3,(H,32,33);1H/t20-,23+,26-;/m1./s1. The van der Waals surface area contributed by atoms with E-state index in [1.165, 1.54) is 21.9 Å². The number of halogens is 1. The lowest BCUT2D eigenvalue weighted by Gasteiger charge is -2.23. The highest BCUT2D eigenvalue weighted by Crippen LogP contribution is 2.33. The normalized spacial score (nSPS) is 18.4. The number of likely N-dealkylation sites (tertiary alicyclic amines) is 1. The Morgan fingerprint density at radius 1 is 0.971 bits per heavy atom. The molecule has 0 saturated carbocycles. The van der Waals surface area contributed by atoms with Crippen LogP contribution in [0.15, 0.2) is 72.8 Å². The number of amides is 1. The molecule has 0 aromatic heterocycles. The quantitative estimate of drug-likeness (QED) is 0.429. The van der Waals surface area contributed by atoms with Gasteiger partial charge in [-0.05, 0) is 41.2 Å². The molecule has 0 radical (unpaired) electrons. The first-order valence-electron chi connectivity index (χ1n) is 11.8. The highest BCUT2D eigenvalue weighted by Gasteiger charge is 2.35. The van der Waals surface area contributed by atoms with Crippen molar-refractivity contribution >= 4 is 35.1 Å². The maximum absolute atomic E-state index is 12.8. The van der Waals surface area contributed by atoms with Gasteiger partial charge in [-0.2, -0.15) is 0 Å². The number of benzene rings is 3. The SMILES string of the molecule is C[C@@H](NC[C@H]1CN(C(=O)CCCC(=O)O)C[C@@H]1c1ccccc1)c1cccc2ccccc12.Cl. The van der Waals surface area contributed by atoms with E-state index in [1.54, 1.807) is 0 Å². The fourth-order valence-electron chi connectivity index (χ4n) is 4.97. The topological polar surface area (TPSA) is 69.6 Å². The summed E-state index contributed by atoms with van der Waals surface area (Å²) in [5, 5.41) is 15.1. The van der Waals surface area contributed by atoms with Crippen LogP contribution in [0.3, 0.4) is 0 Å². The third kappa shape index (κ3) is 6.16. The zero-order valence-corrected chi connectivity index (χ0v) is 20.3. The van der Waals surface area contributed by atoms with Gasteiger partial charge in [-0.25, -0.2) is 0 Å². The molecule has 34 heavy (non-hydrogen) atoms. The van der Waals surface area contributed by atoms with Gasteiger partial charge < -0.3 is 15.3 Å². The highest BCUT2D eigenvalue weighted by atomic mass is 35.5. The minimum atomic E-state index is -0.851. The van der Waals surface area contributed by atoms with Gasteiger partial charge in [-0.3, -0.25) is 9.59 Å². The van der Waals surface area contributed by atoms with Crippen LogP contribution in [0.2, 0.25) is 0 Å². The molecule has 0 bridgehead atoms. The minimum absolute atomic E-state index is 0. The van der Waals surface area contributed by atoms with Gasteiger partial charge in [0.05, 0.1) is 0 Å². The summed E-state index contributed by atoms with van der Waals surface area (Å²) in [6.45, 7) is 4.39. The first-order valence-corrected chi connectivity index (χ1v) is 11.8. The largest absolute Gasteiger partial charge is 0.481 e. The predicted octanol–water partition coefficient (Wildman–Crippen LogP) is 5.41. The second kappa shape index (κ2) is 12.0. The Morgan fingerprint density at radius 2 is 1.68 bits per heavy atom. The van der Waals surface area contributed by atoms with E-state index in [0.29, 0.717) is 31.8 Å². The van der Waals surface area contributed by atoms with Crippen LogP contribution in [0.5, 0.6) is 0 Å². The van der Waals surface area contributed by atoms with E-state index in [1.807, 2.05) is 11.0 Å². The summed E-state index contributed by atoms with van der Waals surface area (Å²) >= 11 is 0. The van der Waals surface area contributed by atoms with Gasteiger partial charge in [0.25, 0.3) is 0 Å². The summed E-state index contributed by atoms with van der Waals surface area (Å²) in [5.41, 5.74) is 2.53. The Morgan fingerprint density at radius 3 is 2.44 bits per heavy atom. The zero-order chi connectivity index (χ0) is 23.2. The molecule has 1 saturated heterocycles. The molecule has 1 heterocycles. The third-order valence-electron chi connectivity index (χ3n) is 6.78. The van der Waals surface area contributed by atoms with Crippen molar-refractivity contribution in [2.75, 3.05) is 19.6 Å². The first-order chi connectivity index (χ1) is 16.0. The molecule has 5 nitrogen and oxygen atoms in total. The van der Waals surface area contributed by atoms with Crippen molar-refractivity contribution in [1.29, 1.82) is 0 Å². The summed E-state index contributed by atoms with van der Waals surface area (Å²) in [7, 11) is 0. The van der Waals surface area contributed by atoms with Crippen LogP contribution >= 0.6 is 12.4 Å². The summed E-state index contributed by atoms with van der Waals surface area (Å²) in [4.78, 5) is 25.5. The van der Waals surface area contributed by atoms with E-state index in [2.05, 4.69) is 79.0 Å². The average Bonchev–Trinajstić information content (AvgIpc) is 3.27. The number of rotatable bonds is 9. The summed E-state index contributed by atoms with van der Waals surface area (Å²) < 4.78 is 0.